The summed E-state index contributed by atoms with van der Waals surface area (Å²) in [5.74, 6) is 0.705. The number of amides is 3. The maximum atomic E-state index is 12.2. The van der Waals surface area contributed by atoms with Crippen molar-refractivity contribution in [2.24, 2.45) is 0 Å². The normalized spacial score (nSPS) is 17.5. The molecule has 2 rings (SSSR count). The third-order valence-corrected chi connectivity index (χ3v) is 3.74. The van der Waals surface area contributed by atoms with Crippen LogP contribution in [0.15, 0.2) is 24.3 Å². The number of carbonyl (C=O) groups excluding carboxylic acids is 2. The number of ether oxygens (including phenoxy) is 1. The van der Waals surface area contributed by atoms with Gasteiger partial charge in [-0.15, -0.1) is 0 Å². The Labute approximate surface area is 136 Å². The third-order valence-electron chi connectivity index (χ3n) is 3.74. The molecular formula is C16H25N4O3+. The fourth-order valence-corrected chi connectivity index (χ4v) is 2.49. The van der Waals surface area contributed by atoms with Crippen molar-refractivity contribution in [3.63, 3.8) is 0 Å². The average molecular weight is 321 g/mol. The summed E-state index contributed by atoms with van der Waals surface area (Å²) in [5.41, 5.74) is 0.787. The first-order valence-corrected chi connectivity index (χ1v) is 7.77. The van der Waals surface area contributed by atoms with Crippen LogP contribution >= 0.6 is 0 Å². The van der Waals surface area contributed by atoms with Crippen molar-refractivity contribution < 1.29 is 19.2 Å². The van der Waals surface area contributed by atoms with E-state index in [4.69, 9.17) is 4.74 Å². The Kier molecular flexibility index (Phi) is 5.81. The molecule has 0 spiro atoms. The summed E-state index contributed by atoms with van der Waals surface area (Å²) >= 11 is 0. The van der Waals surface area contributed by atoms with E-state index in [0.29, 0.717) is 25.3 Å². The fourth-order valence-electron chi connectivity index (χ4n) is 2.49. The first-order valence-electron chi connectivity index (χ1n) is 7.77. The van der Waals surface area contributed by atoms with Gasteiger partial charge in [0.05, 0.1) is 40.3 Å². The summed E-state index contributed by atoms with van der Waals surface area (Å²) in [6.45, 7) is 1.93. The van der Waals surface area contributed by atoms with Crippen molar-refractivity contribution in [1.29, 1.82) is 0 Å². The molecule has 7 nitrogen and oxygen atoms in total. The number of anilines is 1. The van der Waals surface area contributed by atoms with E-state index in [1.54, 1.807) is 12.0 Å². The number of methoxy groups -OCH3 is 1. The van der Waals surface area contributed by atoms with Crippen LogP contribution < -0.4 is 25.2 Å². The first kappa shape index (κ1) is 17.1. The van der Waals surface area contributed by atoms with Crippen LogP contribution in [0.5, 0.6) is 5.75 Å². The van der Waals surface area contributed by atoms with Gasteiger partial charge in [0.15, 0.2) is 0 Å². The lowest BCUT2D eigenvalue weighted by atomic mass is 10.2. The van der Waals surface area contributed by atoms with Crippen LogP contribution in [-0.2, 0) is 4.79 Å². The summed E-state index contributed by atoms with van der Waals surface area (Å²) in [5, 5.41) is 5.67. The second kappa shape index (κ2) is 7.82. The van der Waals surface area contributed by atoms with Crippen molar-refractivity contribution in [3.05, 3.63) is 24.3 Å². The highest BCUT2D eigenvalue weighted by atomic mass is 16.5. The lowest BCUT2D eigenvalue weighted by molar-refractivity contribution is -0.856. The highest BCUT2D eigenvalue weighted by molar-refractivity contribution is 5.97. The highest BCUT2D eigenvalue weighted by Crippen LogP contribution is 2.25. The molecule has 0 unspecified atom stereocenters. The number of benzene rings is 1. The van der Waals surface area contributed by atoms with Gasteiger partial charge in [-0.2, -0.15) is 0 Å². The summed E-state index contributed by atoms with van der Waals surface area (Å²) in [7, 11) is 5.65. The van der Waals surface area contributed by atoms with Crippen molar-refractivity contribution in [2.45, 2.75) is 12.5 Å². The molecule has 1 atom stereocenters. The van der Waals surface area contributed by atoms with Crippen molar-refractivity contribution in [3.8, 4) is 5.75 Å². The Morgan fingerprint density at radius 1 is 1.43 bits per heavy atom. The van der Waals surface area contributed by atoms with E-state index in [2.05, 4.69) is 10.6 Å². The maximum absolute atomic E-state index is 12.2. The quantitative estimate of drug-likeness (QED) is 0.645. The van der Waals surface area contributed by atoms with Crippen LogP contribution in [0.25, 0.3) is 0 Å². The molecule has 0 bridgehead atoms. The molecule has 3 amide bonds. The Morgan fingerprint density at radius 2 is 2.22 bits per heavy atom. The van der Waals surface area contributed by atoms with Crippen LogP contribution in [0, 0.1) is 0 Å². The maximum Gasteiger partial charge on any atom is 0.315 e. The molecule has 1 heterocycles. The fraction of sp³-hybridized carbons (Fsp3) is 0.500. The van der Waals surface area contributed by atoms with Gasteiger partial charge in [0, 0.05) is 24.7 Å². The van der Waals surface area contributed by atoms with Gasteiger partial charge in [-0.25, -0.2) is 4.79 Å². The van der Waals surface area contributed by atoms with Crippen molar-refractivity contribution in [1.82, 2.24) is 10.6 Å². The summed E-state index contributed by atoms with van der Waals surface area (Å²) < 4.78 is 5.18. The van der Waals surface area contributed by atoms with Gasteiger partial charge in [0.2, 0.25) is 5.91 Å². The molecule has 23 heavy (non-hydrogen) atoms. The zero-order valence-corrected chi connectivity index (χ0v) is 13.9. The first-order chi connectivity index (χ1) is 11.0. The number of nitrogens with zero attached hydrogens (tertiary/aromatic N) is 1. The van der Waals surface area contributed by atoms with E-state index in [-0.39, 0.29) is 18.0 Å². The molecule has 1 aromatic carbocycles. The zero-order chi connectivity index (χ0) is 16.8. The Morgan fingerprint density at radius 3 is 2.91 bits per heavy atom. The topological polar surface area (TPSA) is 75.1 Å². The molecule has 0 saturated carbocycles. The second-order valence-corrected chi connectivity index (χ2v) is 5.96. The molecule has 1 saturated heterocycles. The van der Waals surface area contributed by atoms with Gasteiger partial charge in [-0.05, 0) is 12.1 Å². The number of likely N-dealkylation sites (N-methyl/N-ethyl adjacent to an activating group) is 1. The molecule has 126 valence electrons. The number of nitrogens with one attached hydrogen (secondary N) is 3. The van der Waals surface area contributed by atoms with Crippen LogP contribution in [0.4, 0.5) is 10.5 Å². The Bertz CT molecular complexity index is 562. The van der Waals surface area contributed by atoms with Gasteiger partial charge in [0.25, 0.3) is 0 Å². The highest BCUT2D eigenvalue weighted by Gasteiger charge is 2.31. The number of rotatable bonds is 6. The largest absolute Gasteiger partial charge is 0.497 e. The van der Waals surface area contributed by atoms with E-state index in [1.165, 1.54) is 4.90 Å². The molecule has 1 aliphatic rings. The number of carbonyl (C=O) groups is 2. The number of quaternary nitrogens is 1. The summed E-state index contributed by atoms with van der Waals surface area (Å²) in [4.78, 5) is 27.0. The standard InChI is InChI=1S/C16H24N4O3/c1-19(2)8-7-17-16(22)18-12-9-15(21)20(11-12)13-5-4-6-14(10-13)23-3/h4-6,10,12H,7-9,11H2,1-3H3,(H2,17,18,22)/p+1/t12-/m1/s1. The van der Waals surface area contributed by atoms with Crippen molar-refractivity contribution in [2.75, 3.05) is 45.7 Å². The predicted octanol–water partition coefficient (Wildman–Crippen LogP) is -0.756. The molecule has 1 aliphatic heterocycles. The van der Waals surface area contributed by atoms with E-state index < -0.39 is 0 Å². The lowest BCUT2D eigenvalue weighted by Gasteiger charge is -2.18. The Balaban J connectivity index is 1.88. The molecule has 7 heteroatoms. The minimum absolute atomic E-state index is 0.00119. The van der Waals surface area contributed by atoms with E-state index in [9.17, 15) is 9.59 Å². The number of hydrogen-bond acceptors (Lipinski definition) is 3. The minimum Gasteiger partial charge on any atom is -0.497 e. The number of hydrogen-bond donors (Lipinski definition) is 3. The van der Waals surface area contributed by atoms with Crippen molar-refractivity contribution >= 4 is 17.6 Å². The van der Waals surface area contributed by atoms with Gasteiger partial charge in [-0.1, -0.05) is 6.07 Å². The number of urea groups is 1. The lowest BCUT2D eigenvalue weighted by Crippen LogP contribution is -3.06. The SMILES string of the molecule is COc1cccc(N2C[C@H](NC(=O)NCC[NH+](C)C)CC2=O)c1. The predicted molar refractivity (Wildman–Crippen MR) is 88.0 cm³/mol. The van der Waals surface area contributed by atoms with Gasteiger partial charge >= 0.3 is 6.03 Å². The van der Waals surface area contributed by atoms with Crippen LogP contribution in [0.2, 0.25) is 0 Å². The average Bonchev–Trinajstić information content (AvgIpc) is 2.87. The molecule has 1 fully saturated rings. The van der Waals surface area contributed by atoms with E-state index in [0.717, 1.165) is 12.2 Å². The van der Waals surface area contributed by atoms with Crippen LogP contribution in [0.1, 0.15) is 6.42 Å². The molecule has 0 aromatic heterocycles. The third kappa shape index (κ3) is 4.85. The molecule has 0 aliphatic carbocycles. The molecule has 3 N–H and O–H groups in total. The van der Waals surface area contributed by atoms with Gasteiger partial charge in [-0.3, -0.25) is 4.79 Å². The second-order valence-electron chi connectivity index (χ2n) is 5.96. The summed E-state index contributed by atoms with van der Waals surface area (Å²) in [6, 6.07) is 6.96. The van der Waals surface area contributed by atoms with Crippen LogP contribution in [-0.4, -0.2) is 58.8 Å². The van der Waals surface area contributed by atoms with Gasteiger partial charge in [0.1, 0.15) is 5.75 Å². The van der Waals surface area contributed by atoms with Gasteiger partial charge < -0.3 is 25.2 Å². The molecule has 0 radical (unpaired) electrons. The Hall–Kier alpha value is -2.28. The van der Waals surface area contributed by atoms with E-state index >= 15 is 0 Å². The minimum atomic E-state index is -0.225. The molecule has 1 aromatic rings. The zero-order valence-electron chi connectivity index (χ0n) is 13.9. The van der Waals surface area contributed by atoms with Crippen LogP contribution in [0.3, 0.4) is 0 Å². The summed E-state index contributed by atoms with van der Waals surface area (Å²) in [6.07, 6.45) is 0.309. The van der Waals surface area contributed by atoms with E-state index in [1.807, 2.05) is 38.4 Å². The monoisotopic (exact) mass is 321 g/mol. The smallest absolute Gasteiger partial charge is 0.315 e. The molecular weight excluding hydrogens is 296 g/mol.